The van der Waals surface area contributed by atoms with Gasteiger partial charge in [-0.1, -0.05) is 11.8 Å². The summed E-state index contributed by atoms with van der Waals surface area (Å²) in [7, 11) is 0. The second-order valence-electron chi connectivity index (χ2n) is 4.59. The topological polar surface area (TPSA) is 98.4 Å². The molecule has 0 bridgehead atoms. The number of thiazole rings is 1. The van der Waals surface area contributed by atoms with Gasteiger partial charge >= 0.3 is 5.97 Å². The fourth-order valence-corrected chi connectivity index (χ4v) is 2.63. The predicted molar refractivity (Wildman–Crippen MR) is 80.7 cm³/mol. The molecule has 2 aromatic heterocycles. The van der Waals surface area contributed by atoms with Crippen LogP contribution < -0.4 is 10.4 Å². The molecule has 0 aliphatic heterocycles. The van der Waals surface area contributed by atoms with Crippen LogP contribution in [0.25, 0.3) is 11.5 Å². The Morgan fingerprint density at radius 3 is 2.86 bits per heavy atom. The number of carbonyl (C=O) groups is 1. The minimum Gasteiger partial charge on any atom is -0.872 e. The lowest BCUT2D eigenvalue weighted by molar-refractivity contribution is -0.268. The highest BCUT2D eigenvalue weighted by molar-refractivity contribution is 7.14. The van der Waals surface area contributed by atoms with Crippen molar-refractivity contribution in [3.63, 3.8) is 0 Å². The molecule has 2 N–H and O–H groups in total. The molecule has 0 unspecified atom stereocenters. The van der Waals surface area contributed by atoms with E-state index >= 15 is 0 Å². The lowest BCUT2D eigenvalue weighted by Crippen LogP contribution is -2.04. The van der Waals surface area contributed by atoms with E-state index in [1.807, 2.05) is 24.4 Å². The number of hydrogen-bond acceptors (Lipinski definition) is 6. The average molecular weight is 315 g/mol. The second kappa shape index (κ2) is 5.53. The maximum atomic E-state index is 11.4. The van der Waals surface area contributed by atoms with Gasteiger partial charge in [0.25, 0.3) is 0 Å². The highest BCUT2D eigenvalue weighted by Gasteiger charge is 2.10. The fraction of sp³-hybridized carbons (Fsp3) is 0.0667. The van der Waals surface area contributed by atoms with Crippen molar-refractivity contribution in [2.24, 2.45) is 0 Å². The van der Waals surface area contributed by atoms with Gasteiger partial charge in [0.05, 0.1) is 5.56 Å². The molecule has 0 amide bonds. The van der Waals surface area contributed by atoms with Crippen LogP contribution in [-0.2, 0) is 0 Å². The third kappa shape index (κ3) is 2.79. The van der Waals surface area contributed by atoms with E-state index < -0.39 is 11.7 Å². The molecule has 6 nitrogen and oxygen atoms in total. The molecule has 1 aromatic carbocycles. The van der Waals surface area contributed by atoms with Crippen LogP contribution in [-0.4, -0.2) is 16.1 Å². The zero-order valence-corrected chi connectivity index (χ0v) is 12.3. The molecule has 0 saturated carbocycles. The molecule has 0 aliphatic carbocycles. The first kappa shape index (κ1) is 14.2. The SMILES string of the molecule is Cc1ccc(-c2csc(Nc3ccc([O-])c(C(=O)O)c3)n2)o1. The van der Waals surface area contributed by atoms with Crippen LogP contribution in [0.1, 0.15) is 16.1 Å². The Bertz CT molecular complexity index is 838. The van der Waals surface area contributed by atoms with E-state index in [1.54, 1.807) is 0 Å². The lowest BCUT2D eigenvalue weighted by atomic mass is 10.2. The van der Waals surface area contributed by atoms with Gasteiger partial charge in [-0.05, 0) is 31.2 Å². The molecule has 22 heavy (non-hydrogen) atoms. The number of furan rings is 1. The summed E-state index contributed by atoms with van der Waals surface area (Å²) in [5.41, 5.74) is 0.913. The quantitative estimate of drug-likeness (QED) is 0.767. The highest BCUT2D eigenvalue weighted by atomic mass is 32.1. The van der Waals surface area contributed by atoms with E-state index in [-0.39, 0.29) is 5.56 Å². The standard InChI is InChI=1S/C15H12N2O4S/c1-8-2-5-13(21-8)11-7-22-15(17-11)16-9-3-4-12(18)10(6-9)14(19)20/h2-7,18H,1H3,(H,16,17)(H,19,20)/p-1. The van der Waals surface area contributed by atoms with Gasteiger partial charge in [-0.3, -0.25) is 0 Å². The molecule has 0 aliphatic rings. The Balaban J connectivity index is 1.84. The van der Waals surface area contributed by atoms with Crippen molar-refractivity contribution in [2.45, 2.75) is 6.92 Å². The summed E-state index contributed by atoms with van der Waals surface area (Å²) in [6, 6.07) is 7.72. The number of benzene rings is 1. The monoisotopic (exact) mass is 315 g/mol. The van der Waals surface area contributed by atoms with E-state index in [4.69, 9.17) is 9.52 Å². The van der Waals surface area contributed by atoms with Gasteiger partial charge in [0.15, 0.2) is 10.9 Å². The molecule has 0 spiro atoms. The van der Waals surface area contributed by atoms with E-state index in [0.29, 0.717) is 22.3 Å². The first-order valence-electron chi connectivity index (χ1n) is 6.36. The van der Waals surface area contributed by atoms with Crippen molar-refractivity contribution in [1.29, 1.82) is 0 Å². The first-order chi connectivity index (χ1) is 10.5. The Hall–Kier alpha value is -2.80. The summed E-state index contributed by atoms with van der Waals surface area (Å²) in [5.74, 6) is -0.305. The first-order valence-corrected chi connectivity index (χ1v) is 7.24. The molecule has 3 rings (SSSR count). The summed E-state index contributed by atoms with van der Waals surface area (Å²) in [6.07, 6.45) is 0. The molecule has 112 valence electrons. The second-order valence-corrected chi connectivity index (χ2v) is 5.45. The molecule has 0 saturated heterocycles. The minimum atomic E-state index is -1.25. The number of aromatic carboxylic acids is 1. The van der Waals surface area contributed by atoms with E-state index in [9.17, 15) is 9.90 Å². The molecule has 0 fully saturated rings. The smallest absolute Gasteiger partial charge is 0.335 e. The van der Waals surface area contributed by atoms with Crippen molar-refractivity contribution in [2.75, 3.05) is 5.32 Å². The average Bonchev–Trinajstić information content (AvgIpc) is 3.09. The van der Waals surface area contributed by atoms with E-state index in [0.717, 1.165) is 5.76 Å². The summed E-state index contributed by atoms with van der Waals surface area (Å²) in [4.78, 5) is 15.3. The summed E-state index contributed by atoms with van der Waals surface area (Å²) in [5, 5.41) is 25.8. The van der Waals surface area contributed by atoms with Gasteiger partial charge in [0.2, 0.25) is 0 Å². The molecule has 2 heterocycles. The molecule has 0 radical (unpaired) electrons. The number of aromatic nitrogens is 1. The Kier molecular flexibility index (Phi) is 3.56. The highest BCUT2D eigenvalue weighted by Crippen LogP contribution is 2.29. The normalized spacial score (nSPS) is 10.6. The maximum absolute atomic E-state index is 11.4. The van der Waals surface area contributed by atoms with Crippen molar-refractivity contribution < 1.29 is 19.4 Å². The van der Waals surface area contributed by atoms with Crippen LogP contribution in [0.4, 0.5) is 10.8 Å². The zero-order chi connectivity index (χ0) is 15.7. The minimum absolute atomic E-state index is 0.275. The van der Waals surface area contributed by atoms with Gasteiger partial charge in [-0.25, -0.2) is 9.78 Å². The van der Waals surface area contributed by atoms with E-state index in [1.165, 1.54) is 29.5 Å². The number of rotatable bonds is 4. The van der Waals surface area contributed by atoms with Gasteiger partial charge in [-0.2, -0.15) is 0 Å². The number of nitrogens with zero attached hydrogens (tertiary/aromatic N) is 1. The Morgan fingerprint density at radius 1 is 1.36 bits per heavy atom. The van der Waals surface area contributed by atoms with E-state index in [2.05, 4.69) is 10.3 Å². The third-order valence-electron chi connectivity index (χ3n) is 2.96. The van der Waals surface area contributed by atoms with Gasteiger partial charge in [-0.15, -0.1) is 11.3 Å². The van der Waals surface area contributed by atoms with Crippen LogP contribution >= 0.6 is 11.3 Å². The van der Waals surface area contributed by atoms with Crippen LogP contribution in [0.3, 0.4) is 0 Å². The number of carboxylic acid groups (broad SMARTS) is 1. The number of aryl methyl sites for hydroxylation is 1. The lowest BCUT2D eigenvalue weighted by Gasteiger charge is -2.11. The van der Waals surface area contributed by atoms with Gasteiger partial charge in [0.1, 0.15) is 11.5 Å². The van der Waals surface area contributed by atoms with Crippen LogP contribution in [0.15, 0.2) is 40.1 Å². The molecule has 3 aromatic rings. The van der Waals surface area contributed by atoms with Crippen molar-refractivity contribution in [3.05, 3.63) is 47.0 Å². The number of carboxylic acids is 1. The van der Waals surface area contributed by atoms with Crippen molar-refractivity contribution in [1.82, 2.24) is 4.98 Å². The molecular weight excluding hydrogens is 304 g/mol. The van der Waals surface area contributed by atoms with Crippen LogP contribution in [0.2, 0.25) is 0 Å². The predicted octanol–water partition coefficient (Wildman–Crippen LogP) is 3.23. The Morgan fingerprint density at radius 2 is 2.18 bits per heavy atom. The number of nitrogens with one attached hydrogen (secondary N) is 1. The summed E-state index contributed by atoms with van der Waals surface area (Å²) >= 11 is 1.36. The van der Waals surface area contributed by atoms with Gasteiger partial charge in [0, 0.05) is 11.1 Å². The summed E-state index contributed by atoms with van der Waals surface area (Å²) < 4.78 is 5.50. The molecular formula is C15H11N2O4S-. The molecule has 7 heteroatoms. The summed E-state index contributed by atoms with van der Waals surface area (Å²) in [6.45, 7) is 1.85. The van der Waals surface area contributed by atoms with Crippen LogP contribution in [0, 0.1) is 6.92 Å². The molecule has 0 atom stereocenters. The fourth-order valence-electron chi connectivity index (χ4n) is 1.91. The third-order valence-corrected chi connectivity index (χ3v) is 3.72. The van der Waals surface area contributed by atoms with Crippen LogP contribution in [0.5, 0.6) is 5.75 Å². The zero-order valence-electron chi connectivity index (χ0n) is 11.5. The number of anilines is 2. The van der Waals surface area contributed by atoms with Crippen molar-refractivity contribution >= 4 is 28.1 Å². The maximum Gasteiger partial charge on any atom is 0.335 e. The van der Waals surface area contributed by atoms with Gasteiger partial charge < -0.3 is 19.9 Å². The van der Waals surface area contributed by atoms with Crippen molar-refractivity contribution in [3.8, 4) is 17.2 Å². The number of hydrogen-bond donors (Lipinski definition) is 2. The largest absolute Gasteiger partial charge is 0.872 e. The Labute approximate surface area is 129 Å².